The highest BCUT2D eigenvalue weighted by atomic mass is 32.1. The fraction of sp³-hybridized carbons (Fsp3) is 0.267. The molecule has 0 aliphatic carbocycles. The number of nitro groups is 1. The molecule has 0 atom stereocenters. The predicted octanol–water partition coefficient (Wildman–Crippen LogP) is 3.48. The van der Waals surface area contributed by atoms with Crippen LogP contribution in [0.4, 0.5) is 14.9 Å². The van der Waals surface area contributed by atoms with Crippen molar-refractivity contribution < 1.29 is 24.0 Å². The van der Waals surface area contributed by atoms with Crippen molar-refractivity contribution in [2.45, 2.75) is 13.8 Å². The summed E-state index contributed by atoms with van der Waals surface area (Å²) in [4.78, 5) is 37.8. The molecule has 0 fully saturated rings. The number of hydrogen-bond donors (Lipinski definition) is 1. The number of benzene rings is 1. The average Bonchev–Trinajstić information content (AvgIpc) is 3.02. The van der Waals surface area contributed by atoms with Crippen molar-refractivity contribution in [2.75, 3.05) is 11.9 Å². The van der Waals surface area contributed by atoms with Crippen molar-refractivity contribution in [3.8, 4) is 5.75 Å². The van der Waals surface area contributed by atoms with Crippen LogP contribution in [0.1, 0.15) is 24.2 Å². The third kappa shape index (κ3) is 5.24. The Bertz CT molecular complexity index is 789. The smallest absolute Gasteiger partial charge is 0.434 e. The van der Waals surface area contributed by atoms with E-state index in [4.69, 9.17) is 9.47 Å². The summed E-state index contributed by atoms with van der Waals surface area (Å²) in [5.41, 5.74) is 0.0712. The lowest BCUT2D eigenvalue weighted by Crippen LogP contribution is -2.18. The lowest BCUT2D eigenvalue weighted by atomic mass is 10.2. The average molecular weight is 365 g/mol. The number of carbonyl (C=O) groups excluding carboxylic acids is 2. The minimum Gasteiger partial charge on any atom is -0.434 e. The van der Waals surface area contributed by atoms with Crippen LogP contribution >= 0.6 is 11.3 Å². The Morgan fingerprint density at radius 2 is 2.08 bits per heavy atom. The van der Waals surface area contributed by atoms with E-state index in [0.717, 1.165) is 17.5 Å². The molecule has 0 bridgehead atoms. The fourth-order valence-electron chi connectivity index (χ4n) is 1.67. The van der Waals surface area contributed by atoms with Crippen molar-refractivity contribution in [3.05, 3.63) is 46.1 Å². The van der Waals surface area contributed by atoms with Crippen molar-refractivity contribution in [1.29, 1.82) is 0 Å². The van der Waals surface area contributed by atoms with E-state index < -0.39 is 17.0 Å². The number of aromatic nitrogens is 1. The summed E-state index contributed by atoms with van der Waals surface area (Å²) in [7, 11) is 0. The van der Waals surface area contributed by atoms with Crippen molar-refractivity contribution >= 4 is 33.5 Å². The standard InChI is InChI=1S/C15H15N3O6S/c1-9(2)8-23-15(20)24-11-6-4-3-5-10(11)13(19)17-14-16-7-12(25-14)18(21)22/h3-7,9H,8H2,1-2H3,(H,16,17,19). The van der Waals surface area contributed by atoms with Gasteiger partial charge in [0.2, 0.25) is 0 Å². The normalized spacial score (nSPS) is 10.4. The van der Waals surface area contributed by atoms with E-state index >= 15 is 0 Å². The summed E-state index contributed by atoms with van der Waals surface area (Å²) < 4.78 is 9.96. The Balaban J connectivity index is 2.09. The largest absolute Gasteiger partial charge is 0.513 e. The Morgan fingerprint density at radius 3 is 2.72 bits per heavy atom. The first-order chi connectivity index (χ1) is 11.9. The molecular weight excluding hydrogens is 350 g/mol. The number of amides is 1. The van der Waals surface area contributed by atoms with Gasteiger partial charge in [0.15, 0.2) is 5.13 Å². The first-order valence-electron chi connectivity index (χ1n) is 7.22. The number of rotatable bonds is 6. The minimum absolute atomic E-state index is 0.0137. The molecule has 0 aliphatic rings. The molecule has 0 saturated carbocycles. The van der Waals surface area contributed by atoms with Crippen LogP contribution in [0.25, 0.3) is 0 Å². The maximum Gasteiger partial charge on any atom is 0.513 e. The van der Waals surface area contributed by atoms with Crippen LogP contribution < -0.4 is 10.1 Å². The molecule has 1 aromatic carbocycles. The molecule has 0 saturated heterocycles. The maximum atomic E-state index is 12.3. The number of nitrogens with one attached hydrogen (secondary N) is 1. The van der Waals surface area contributed by atoms with Crippen LogP contribution in [-0.4, -0.2) is 28.6 Å². The SMILES string of the molecule is CC(C)COC(=O)Oc1ccccc1C(=O)Nc1ncc([N+](=O)[O-])s1. The van der Waals surface area contributed by atoms with Crippen LogP contribution in [0.15, 0.2) is 30.5 Å². The number of para-hydroxylation sites is 1. The molecule has 0 aliphatic heterocycles. The minimum atomic E-state index is -0.918. The quantitative estimate of drug-likeness (QED) is 0.360. The van der Waals surface area contributed by atoms with Gasteiger partial charge >= 0.3 is 11.2 Å². The molecule has 0 radical (unpaired) electrons. The zero-order chi connectivity index (χ0) is 18.4. The van der Waals surface area contributed by atoms with Crippen LogP contribution in [0.3, 0.4) is 0 Å². The molecule has 1 amide bonds. The third-order valence-electron chi connectivity index (χ3n) is 2.75. The summed E-state index contributed by atoms with van der Waals surface area (Å²) in [5.74, 6) is -0.455. The lowest BCUT2D eigenvalue weighted by Gasteiger charge is -2.10. The summed E-state index contributed by atoms with van der Waals surface area (Å²) in [6.07, 6.45) is 0.130. The first kappa shape index (κ1) is 18.3. The molecule has 25 heavy (non-hydrogen) atoms. The molecule has 9 nitrogen and oxygen atoms in total. The second-order valence-electron chi connectivity index (χ2n) is 5.27. The van der Waals surface area contributed by atoms with Crippen LogP contribution in [0.2, 0.25) is 0 Å². The molecule has 2 rings (SSSR count). The highest BCUT2D eigenvalue weighted by Gasteiger charge is 2.19. The van der Waals surface area contributed by atoms with Gasteiger partial charge in [0.1, 0.15) is 11.9 Å². The van der Waals surface area contributed by atoms with Gasteiger partial charge in [-0.05, 0) is 29.4 Å². The third-order valence-corrected chi connectivity index (χ3v) is 3.62. The van der Waals surface area contributed by atoms with E-state index in [0.29, 0.717) is 0 Å². The molecule has 1 aromatic heterocycles. The van der Waals surface area contributed by atoms with Gasteiger partial charge in [-0.25, -0.2) is 9.78 Å². The van der Waals surface area contributed by atoms with Crippen LogP contribution in [0.5, 0.6) is 5.75 Å². The summed E-state index contributed by atoms with van der Waals surface area (Å²) >= 11 is 0.720. The molecule has 0 spiro atoms. The highest BCUT2D eigenvalue weighted by molar-refractivity contribution is 7.18. The second kappa shape index (κ2) is 8.20. The van der Waals surface area contributed by atoms with Gasteiger partial charge in [0.25, 0.3) is 5.91 Å². The number of carbonyl (C=O) groups is 2. The van der Waals surface area contributed by atoms with Crippen LogP contribution in [-0.2, 0) is 4.74 Å². The van der Waals surface area contributed by atoms with Gasteiger partial charge in [-0.2, -0.15) is 0 Å². The van der Waals surface area contributed by atoms with Gasteiger partial charge < -0.3 is 9.47 Å². The molecule has 10 heteroatoms. The predicted molar refractivity (Wildman–Crippen MR) is 90.0 cm³/mol. The zero-order valence-electron chi connectivity index (χ0n) is 13.4. The molecule has 132 valence electrons. The summed E-state index contributed by atoms with van der Waals surface area (Å²) in [6, 6.07) is 6.07. The van der Waals surface area contributed by atoms with Gasteiger partial charge in [-0.15, -0.1) is 0 Å². The van der Waals surface area contributed by atoms with Gasteiger partial charge in [-0.3, -0.25) is 20.2 Å². The van der Waals surface area contributed by atoms with Gasteiger partial charge in [0, 0.05) is 0 Å². The molecule has 2 aromatic rings. The summed E-state index contributed by atoms with van der Waals surface area (Å²) in [5, 5.41) is 12.9. The lowest BCUT2D eigenvalue weighted by molar-refractivity contribution is -0.380. The topological polar surface area (TPSA) is 121 Å². The maximum absolute atomic E-state index is 12.3. The molecule has 0 unspecified atom stereocenters. The Morgan fingerprint density at radius 1 is 1.36 bits per heavy atom. The van der Waals surface area contributed by atoms with Crippen molar-refractivity contribution in [3.63, 3.8) is 0 Å². The van der Waals surface area contributed by atoms with Gasteiger partial charge in [0.05, 0.1) is 17.1 Å². The van der Waals surface area contributed by atoms with E-state index in [2.05, 4.69) is 10.3 Å². The van der Waals surface area contributed by atoms with Crippen molar-refractivity contribution in [2.24, 2.45) is 5.92 Å². The first-order valence-corrected chi connectivity index (χ1v) is 8.03. The fourth-order valence-corrected chi connectivity index (χ4v) is 2.30. The Kier molecular flexibility index (Phi) is 6.01. The van der Waals surface area contributed by atoms with Crippen LogP contribution in [0, 0.1) is 16.0 Å². The number of anilines is 1. The van der Waals surface area contributed by atoms with Gasteiger partial charge in [-0.1, -0.05) is 26.0 Å². The Labute approximate surface area is 146 Å². The Hall–Kier alpha value is -3.01. The monoisotopic (exact) mass is 365 g/mol. The second-order valence-corrected chi connectivity index (χ2v) is 6.28. The number of thiazole rings is 1. The van der Waals surface area contributed by atoms with E-state index in [1.807, 2.05) is 13.8 Å². The molecule has 1 heterocycles. The van der Waals surface area contributed by atoms with Crippen molar-refractivity contribution in [1.82, 2.24) is 4.98 Å². The number of nitrogens with zero attached hydrogens (tertiary/aromatic N) is 2. The van der Waals surface area contributed by atoms with E-state index in [1.165, 1.54) is 12.1 Å². The van der Waals surface area contributed by atoms with E-state index in [9.17, 15) is 19.7 Å². The number of ether oxygens (including phenoxy) is 2. The summed E-state index contributed by atoms with van der Waals surface area (Å²) in [6.45, 7) is 3.94. The zero-order valence-corrected chi connectivity index (χ0v) is 14.2. The number of hydrogen-bond acceptors (Lipinski definition) is 8. The van der Waals surface area contributed by atoms with E-state index in [1.54, 1.807) is 12.1 Å². The van der Waals surface area contributed by atoms with E-state index in [-0.39, 0.29) is 34.0 Å². The highest BCUT2D eigenvalue weighted by Crippen LogP contribution is 2.26. The molecule has 1 N–H and O–H groups in total. The molecular formula is C15H15N3O6S.